The number of aromatic nitrogens is 1. The van der Waals surface area contributed by atoms with Crippen LogP contribution >= 0.6 is 0 Å². The second-order valence-electron chi connectivity index (χ2n) is 5.83. The van der Waals surface area contributed by atoms with E-state index >= 15 is 0 Å². The van der Waals surface area contributed by atoms with Crippen molar-refractivity contribution >= 4 is 22.5 Å². The lowest BCUT2D eigenvalue weighted by molar-refractivity contribution is -0.116. The van der Waals surface area contributed by atoms with E-state index in [2.05, 4.69) is 10.3 Å². The fourth-order valence-electron chi connectivity index (χ4n) is 3.34. The van der Waals surface area contributed by atoms with Gasteiger partial charge in [0.1, 0.15) is 0 Å². The van der Waals surface area contributed by atoms with Crippen molar-refractivity contribution in [2.75, 3.05) is 12.4 Å². The smallest absolute Gasteiger partial charge is 0.225 e. The molecule has 0 radical (unpaired) electrons. The number of phenols is 1. The summed E-state index contributed by atoms with van der Waals surface area (Å²) in [5.74, 6) is 0.221. The molecule has 0 spiro atoms. The van der Waals surface area contributed by atoms with E-state index in [-0.39, 0.29) is 17.6 Å². The Morgan fingerprint density at radius 1 is 1.21 bits per heavy atom. The van der Waals surface area contributed by atoms with Crippen LogP contribution in [0.2, 0.25) is 0 Å². The van der Waals surface area contributed by atoms with Gasteiger partial charge in [-0.3, -0.25) is 9.78 Å². The number of pyridine rings is 1. The summed E-state index contributed by atoms with van der Waals surface area (Å²) >= 11 is 0. The Bertz CT molecular complexity index is 947. The molecule has 0 fully saturated rings. The van der Waals surface area contributed by atoms with E-state index in [0.29, 0.717) is 17.9 Å². The van der Waals surface area contributed by atoms with Crippen LogP contribution in [0.1, 0.15) is 23.5 Å². The summed E-state index contributed by atoms with van der Waals surface area (Å²) in [5.41, 5.74) is 3.49. The van der Waals surface area contributed by atoms with Gasteiger partial charge in [-0.15, -0.1) is 0 Å². The normalized spacial score (nSPS) is 16.5. The molecule has 5 nitrogen and oxygen atoms in total. The predicted molar refractivity (Wildman–Crippen MR) is 91.5 cm³/mol. The molecule has 24 heavy (non-hydrogen) atoms. The van der Waals surface area contributed by atoms with Crippen molar-refractivity contribution in [3.05, 3.63) is 59.8 Å². The average Bonchev–Trinajstić information content (AvgIpc) is 2.60. The highest BCUT2D eigenvalue weighted by Crippen LogP contribution is 2.43. The zero-order chi connectivity index (χ0) is 16.7. The maximum absolute atomic E-state index is 12.2. The number of aromatic hydroxyl groups is 1. The second-order valence-corrected chi connectivity index (χ2v) is 5.83. The summed E-state index contributed by atoms with van der Waals surface area (Å²) in [6.45, 7) is 0. The molecule has 1 amide bonds. The van der Waals surface area contributed by atoms with Crippen molar-refractivity contribution in [2.24, 2.45) is 0 Å². The molecule has 120 valence electrons. The minimum absolute atomic E-state index is 0.0109. The lowest BCUT2D eigenvalue weighted by Gasteiger charge is -2.27. The van der Waals surface area contributed by atoms with Gasteiger partial charge in [0.2, 0.25) is 5.91 Å². The molecule has 4 rings (SSSR count). The molecule has 2 aromatic carbocycles. The maximum atomic E-state index is 12.2. The number of hydrogen-bond acceptors (Lipinski definition) is 4. The summed E-state index contributed by atoms with van der Waals surface area (Å²) in [6, 6.07) is 13.2. The van der Waals surface area contributed by atoms with Crippen LogP contribution in [0.5, 0.6) is 11.5 Å². The number of carbonyl (C=O) groups excluding carboxylic acids is 1. The summed E-state index contributed by atoms with van der Waals surface area (Å²) < 4.78 is 5.23. The first-order valence-electron chi connectivity index (χ1n) is 7.72. The van der Waals surface area contributed by atoms with Gasteiger partial charge in [0.05, 0.1) is 12.6 Å². The number of carbonyl (C=O) groups is 1. The molecule has 1 atom stereocenters. The van der Waals surface area contributed by atoms with Crippen LogP contribution in [0.15, 0.2) is 48.7 Å². The highest BCUT2D eigenvalue weighted by atomic mass is 16.5. The molecule has 0 aliphatic carbocycles. The quantitative estimate of drug-likeness (QED) is 0.759. The minimum Gasteiger partial charge on any atom is -0.504 e. The number of benzene rings is 2. The lowest BCUT2D eigenvalue weighted by Crippen LogP contribution is -2.23. The molecule has 0 saturated heterocycles. The van der Waals surface area contributed by atoms with E-state index in [0.717, 1.165) is 22.0 Å². The number of methoxy groups -OCH3 is 1. The van der Waals surface area contributed by atoms with Crippen molar-refractivity contribution in [1.82, 2.24) is 4.98 Å². The molecule has 3 aromatic rings. The molecule has 0 unspecified atom stereocenters. The zero-order valence-electron chi connectivity index (χ0n) is 13.1. The van der Waals surface area contributed by atoms with Crippen molar-refractivity contribution < 1.29 is 14.6 Å². The Morgan fingerprint density at radius 3 is 2.88 bits per heavy atom. The third-order valence-corrected chi connectivity index (χ3v) is 4.45. The lowest BCUT2D eigenvalue weighted by atomic mass is 9.83. The molecule has 0 bridgehead atoms. The molecule has 5 heteroatoms. The number of ether oxygens (including phenoxy) is 1. The third-order valence-electron chi connectivity index (χ3n) is 4.45. The summed E-state index contributed by atoms with van der Waals surface area (Å²) in [7, 11) is 1.51. The fraction of sp³-hybridized carbons (Fsp3) is 0.158. The molecular weight excluding hydrogens is 304 g/mol. The largest absolute Gasteiger partial charge is 0.504 e. The highest BCUT2D eigenvalue weighted by Gasteiger charge is 2.29. The second kappa shape index (κ2) is 5.53. The van der Waals surface area contributed by atoms with Crippen LogP contribution in [0.4, 0.5) is 5.69 Å². The van der Waals surface area contributed by atoms with Crippen LogP contribution < -0.4 is 10.1 Å². The first kappa shape index (κ1) is 14.5. The Labute approximate surface area is 138 Å². The van der Waals surface area contributed by atoms with Gasteiger partial charge in [0, 0.05) is 35.7 Å². The number of hydrogen-bond donors (Lipinski definition) is 2. The number of anilines is 1. The SMILES string of the molecule is COc1cc2c(cc1O)NC(=O)C[C@@H]2c1ccnc2ccccc12. The van der Waals surface area contributed by atoms with E-state index in [4.69, 9.17) is 4.74 Å². The van der Waals surface area contributed by atoms with Crippen molar-refractivity contribution in [1.29, 1.82) is 0 Å². The monoisotopic (exact) mass is 320 g/mol. The van der Waals surface area contributed by atoms with E-state index in [1.165, 1.54) is 7.11 Å². The standard InChI is InChI=1S/C19H16N2O3/c1-24-18-8-14-13(9-19(23)21-16(14)10-17(18)22)11-6-7-20-15-5-3-2-4-12(11)15/h2-8,10,13,22H,9H2,1H3,(H,21,23)/t13-/m1/s1. The molecule has 2 heterocycles. The zero-order valence-corrected chi connectivity index (χ0v) is 13.1. The summed E-state index contributed by atoms with van der Waals surface area (Å²) in [4.78, 5) is 16.6. The third kappa shape index (κ3) is 2.25. The van der Waals surface area contributed by atoms with Crippen molar-refractivity contribution in [3.63, 3.8) is 0 Å². The van der Waals surface area contributed by atoms with Crippen LogP contribution in [-0.4, -0.2) is 23.1 Å². The van der Waals surface area contributed by atoms with E-state index in [9.17, 15) is 9.90 Å². The molecule has 1 aliphatic heterocycles. The van der Waals surface area contributed by atoms with Crippen LogP contribution in [-0.2, 0) is 4.79 Å². The topological polar surface area (TPSA) is 71.5 Å². The van der Waals surface area contributed by atoms with Crippen LogP contribution in [0, 0.1) is 0 Å². The van der Waals surface area contributed by atoms with Gasteiger partial charge in [-0.2, -0.15) is 0 Å². The highest BCUT2D eigenvalue weighted by molar-refractivity contribution is 5.97. The number of nitrogens with one attached hydrogen (secondary N) is 1. The van der Waals surface area contributed by atoms with Gasteiger partial charge < -0.3 is 15.2 Å². The van der Waals surface area contributed by atoms with Gasteiger partial charge in [0.15, 0.2) is 11.5 Å². The number of phenolic OH excluding ortho intramolecular Hbond substituents is 1. The molecule has 1 aromatic heterocycles. The number of rotatable bonds is 2. The first-order valence-corrected chi connectivity index (χ1v) is 7.72. The summed E-state index contributed by atoms with van der Waals surface area (Å²) in [5, 5.41) is 13.9. The van der Waals surface area contributed by atoms with Crippen molar-refractivity contribution in [3.8, 4) is 11.5 Å². The van der Waals surface area contributed by atoms with Gasteiger partial charge in [-0.05, 0) is 29.3 Å². The predicted octanol–water partition coefficient (Wildman–Crippen LogP) is 3.42. The number of amides is 1. The van der Waals surface area contributed by atoms with Gasteiger partial charge >= 0.3 is 0 Å². The fourth-order valence-corrected chi connectivity index (χ4v) is 3.34. The number of nitrogens with zero attached hydrogens (tertiary/aromatic N) is 1. The van der Waals surface area contributed by atoms with E-state index < -0.39 is 0 Å². The molecular formula is C19H16N2O3. The van der Waals surface area contributed by atoms with Crippen molar-refractivity contribution in [2.45, 2.75) is 12.3 Å². The van der Waals surface area contributed by atoms with Gasteiger partial charge in [-0.1, -0.05) is 18.2 Å². The molecule has 0 saturated carbocycles. The maximum Gasteiger partial charge on any atom is 0.225 e. The van der Waals surface area contributed by atoms with E-state index in [1.54, 1.807) is 18.3 Å². The molecule has 1 aliphatic rings. The van der Waals surface area contributed by atoms with E-state index in [1.807, 2.05) is 30.3 Å². The Kier molecular flexibility index (Phi) is 3.34. The number of fused-ring (bicyclic) bond motifs is 2. The average molecular weight is 320 g/mol. The number of para-hydroxylation sites is 1. The summed E-state index contributed by atoms with van der Waals surface area (Å²) in [6.07, 6.45) is 2.11. The van der Waals surface area contributed by atoms with Gasteiger partial charge in [0.25, 0.3) is 0 Å². The Hall–Kier alpha value is -3.08. The Balaban J connectivity index is 1.95. The van der Waals surface area contributed by atoms with Crippen LogP contribution in [0.25, 0.3) is 10.9 Å². The first-order chi connectivity index (χ1) is 11.7. The van der Waals surface area contributed by atoms with Gasteiger partial charge in [-0.25, -0.2) is 0 Å². The molecule has 2 N–H and O–H groups in total. The Morgan fingerprint density at radius 2 is 2.04 bits per heavy atom. The van der Waals surface area contributed by atoms with Crippen LogP contribution in [0.3, 0.4) is 0 Å². The minimum atomic E-state index is -0.115.